The number of rotatable bonds is 5. The van der Waals surface area contributed by atoms with Gasteiger partial charge in [0.05, 0.1) is 0 Å². The maximum absolute atomic E-state index is 11.3. The van der Waals surface area contributed by atoms with E-state index in [1.54, 1.807) is 0 Å². The molecule has 12 heavy (non-hydrogen) atoms. The van der Waals surface area contributed by atoms with Crippen molar-refractivity contribution in [3.8, 4) is 12.3 Å². The van der Waals surface area contributed by atoms with E-state index >= 15 is 0 Å². The Morgan fingerprint density at radius 1 is 1.42 bits per heavy atom. The molecular formula is C10H17NO. The normalized spacial score (nSPS) is 9.08. The third-order valence-corrected chi connectivity index (χ3v) is 1.83. The van der Waals surface area contributed by atoms with E-state index in [-0.39, 0.29) is 5.91 Å². The van der Waals surface area contributed by atoms with Crippen molar-refractivity contribution in [1.82, 2.24) is 4.90 Å². The van der Waals surface area contributed by atoms with Gasteiger partial charge < -0.3 is 4.90 Å². The molecule has 0 saturated heterocycles. The highest BCUT2D eigenvalue weighted by molar-refractivity contribution is 5.76. The number of carbonyl (C=O) groups is 1. The van der Waals surface area contributed by atoms with Crippen LogP contribution in [-0.2, 0) is 4.79 Å². The molecule has 0 spiro atoms. The smallest absolute Gasteiger partial charge is 0.222 e. The molecule has 0 rings (SSSR count). The molecule has 0 unspecified atom stereocenters. The molecule has 0 aromatic rings. The van der Waals surface area contributed by atoms with Crippen molar-refractivity contribution in [2.24, 2.45) is 0 Å². The first-order chi connectivity index (χ1) is 5.76. The van der Waals surface area contributed by atoms with Gasteiger partial charge in [0.25, 0.3) is 0 Å². The van der Waals surface area contributed by atoms with E-state index in [1.165, 1.54) is 0 Å². The Hall–Kier alpha value is -0.970. The SMILES string of the molecule is C#CCCCC(=O)N(CC)CC. The van der Waals surface area contributed by atoms with Gasteiger partial charge in [-0.25, -0.2) is 0 Å². The first-order valence-corrected chi connectivity index (χ1v) is 4.47. The molecular weight excluding hydrogens is 150 g/mol. The molecule has 0 bridgehead atoms. The summed E-state index contributed by atoms with van der Waals surface area (Å²) in [7, 11) is 0. The number of amides is 1. The summed E-state index contributed by atoms with van der Waals surface area (Å²) >= 11 is 0. The highest BCUT2D eigenvalue weighted by Gasteiger charge is 2.07. The molecule has 0 aromatic heterocycles. The van der Waals surface area contributed by atoms with Crippen LogP contribution < -0.4 is 0 Å². The molecule has 0 fully saturated rings. The van der Waals surface area contributed by atoms with E-state index in [1.807, 2.05) is 18.7 Å². The van der Waals surface area contributed by atoms with E-state index in [4.69, 9.17) is 6.42 Å². The van der Waals surface area contributed by atoms with E-state index in [2.05, 4.69) is 5.92 Å². The number of unbranched alkanes of at least 4 members (excludes halogenated alkanes) is 1. The van der Waals surface area contributed by atoms with Gasteiger partial charge in [-0.2, -0.15) is 0 Å². The second-order valence-electron chi connectivity index (χ2n) is 2.62. The number of hydrogen-bond donors (Lipinski definition) is 0. The van der Waals surface area contributed by atoms with Gasteiger partial charge in [-0.1, -0.05) is 0 Å². The Balaban J connectivity index is 3.63. The highest BCUT2D eigenvalue weighted by Crippen LogP contribution is 1.99. The summed E-state index contributed by atoms with van der Waals surface area (Å²) in [5.41, 5.74) is 0. The maximum Gasteiger partial charge on any atom is 0.222 e. The second-order valence-corrected chi connectivity index (χ2v) is 2.62. The third kappa shape index (κ3) is 4.02. The molecule has 0 heterocycles. The minimum absolute atomic E-state index is 0.218. The average molecular weight is 167 g/mol. The van der Waals surface area contributed by atoms with Crippen molar-refractivity contribution in [3.05, 3.63) is 0 Å². The summed E-state index contributed by atoms with van der Waals surface area (Å²) in [4.78, 5) is 13.2. The summed E-state index contributed by atoms with van der Waals surface area (Å²) in [5, 5.41) is 0. The van der Waals surface area contributed by atoms with Crippen LogP contribution in [0.25, 0.3) is 0 Å². The Labute approximate surface area is 74.9 Å². The predicted molar refractivity (Wildman–Crippen MR) is 50.6 cm³/mol. The van der Waals surface area contributed by atoms with Crippen molar-refractivity contribution in [1.29, 1.82) is 0 Å². The molecule has 0 aromatic carbocycles. The standard InChI is InChI=1S/C10H17NO/c1-4-7-8-9-10(12)11(5-2)6-3/h1H,5-9H2,2-3H3. The fourth-order valence-corrected chi connectivity index (χ4v) is 1.08. The van der Waals surface area contributed by atoms with Crippen molar-refractivity contribution in [3.63, 3.8) is 0 Å². The molecule has 1 amide bonds. The van der Waals surface area contributed by atoms with Gasteiger partial charge in [-0.3, -0.25) is 4.79 Å². The molecule has 2 heteroatoms. The van der Waals surface area contributed by atoms with Gasteiger partial charge in [-0.15, -0.1) is 12.3 Å². The summed E-state index contributed by atoms with van der Waals surface area (Å²) < 4.78 is 0. The van der Waals surface area contributed by atoms with Gasteiger partial charge in [-0.05, 0) is 20.3 Å². The van der Waals surface area contributed by atoms with E-state index in [9.17, 15) is 4.79 Å². The van der Waals surface area contributed by atoms with Crippen LogP contribution in [0.1, 0.15) is 33.1 Å². The van der Waals surface area contributed by atoms with Crippen LogP contribution in [0.2, 0.25) is 0 Å². The topological polar surface area (TPSA) is 20.3 Å². The summed E-state index contributed by atoms with van der Waals surface area (Å²) in [5.74, 6) is 2.75. The zero-order valence-corrected chi connectivity index (χ0v) is 7.97. The van der Waals surface area contributed by atoms with E-state index < -0.39 is 0 Å². The van der Waals surface area contributed by atoms with Gasteiger partial charge in [0.15, 0.2) is 0 Å². The van der Waals surface area contributed by atoms with Crippen molar-refractivity contribution in [2.75, 3.05) is 13.1 Å². The molecule has 0 N–H and O–H groups in total. The quantitative estimate of drug-likeness (QED) is 0.450. The summed E-state index contributed by atoms with van der Waals surface area (Å²) in [6.07, 6.45) is 7.18. The highest BCUT2D eigenvalue weighted by atomic mass is 16.2. The van der Waals surface area contributed by atoms with Gasteiger partial charge in [0.2, 0.25) is 5.91 Å². The fraction of sp³-hybridized carbons (Fsp3) is 0.700. The summed E-state index contributed by atoms with van der Waals surface area (Å²) in [6.45, 7) is 5.57. The molecule has 0 atom stereocenters. The van der Waals surface area contributed by atoms with Crippen LogP contribution in [0.15, 0.2) is 0 Å². The maximum atomic E-state index is 11.3. The predicted octanol–water partition coefficient (Wildman–Crippen LogP) is 1.66. The van der Waals surface area contributed by atoms with Crippen LogP contribution in [-0.4, -0.2) is 23.9 Å². The van der Waals surface area contributed by atoms with Crippen molar-refractivity contribution < 1.29 is 4.79 Å². The Kier molecular flexibility index (Phi) is 6.18. The number of carbonyl (C=O) groups excluding carboxylic acids is 1. The number of terminal acetylenes is 1. The van der Waals surface area contributed by atoms with Crippen LogP contribution >= 0.6 is 0 Å². The lowest BCUT2D eigenvalue weighted by atomic mass is 10.2. The number of hydrogen-bond acceptors (Lipinski definition) is 1. The van der Waals surface area contributed by atoms with Crippen molar-refractivity contribution in [2.45, 2.75) is 33.1 Å². The lowest BCUT2D eigenvalue weighted by Crippen LogP contribution is -2.30. The average Bonchev–Trinajstić information content (AvgIpc) is 2.07. The molecule has 0 aliphatic heterocycles. The Bertz CT molecular complexity index is 165. The zero-order chi connectivity index (χ0) is 9.40. The van der Waals surface area contributed by atoms with E-state index in [0.29, 0.717) is 12.8 Å². The fourth-order valence-electron chi connectivity index (χ4n) is 1.08. The minimum Gasteiger partial charge on any atom is -0.343 e. The Morgan fingerprint density at radius 3 is 2.42 bits per heavy atom. The lowest BCUT2D eigenvalue weighted by molar-refractivity contribution is -0.130. The molecule has 0 aliphatic carbocycles. The minimum atomic E-state index is 0.218. The van der Waals surface area contributed by atoms with Crippen LogP contribution in [0, 0.1) is 12.3 Å². The molecule has 0 radical (unpaired) electrons. The molecule has 0 aliphatic rings. The molecule has 68 valence electrons. The van der Waals surface area contributed by atoms with E-state index in [0.717, 1.165) is 19.5 Å². The largest absolute Gasteiger partial charge is 0.343 e. The Morgan fingerprint density at radius 2 is 2.00 bits per heavy atom. The third-order valence-electron chi connectivity index (χ3n) is 1.83. The van der Waals surface area contributed by atoms with Crippen molar-refractivity contribution >= 4 is 5.91 Å². The lowest BCUT2D eigenvalue weighted by Gasteiger charge is -2.17. The zero-order valence-electron chi connectivity index (χ0n) is 7.97. The first kappa shape index (κ1) is 11.0. The van der Waals surface area contributed by atoms with Crippen LogP contribution in [0.4, 0.5) is 0 Å². The summed E-state index contributed by atoms with van der Waals surface area (Å²) in [6, 6.07) is 0. The molecule has 2 nitrogen and oxygen atoms in total. The second kappa shape index (κ2) is 6.72. The van der Waals surface area contributed by atoms with Crippen LogP contribution in [0.5, 0.6) is 0 Å². The van der Waals surface area contributed by atoms with Gasteiger partial charge in [0, 0.05) is 25.9 Å². The van der Waals surface area contributed by atoms with Gasteiger partial charge >= 0.3 is 0 Å². The molecule has 0 saturated carbocycles. The van der Waals surface area contributed by atoms with Gasteiger partial charge in [0.1, 0.15) is 0 Å². The monoisotopic (exact) mass is 167 g/mol. The number of nitrogens with zero attached hydrogens (tertiary/aromatic N) is 1. The van der Waals surface area contributed by atoms with Crippen LogP contribution in [0.3, 0.4) is 0 Å². The first-order valence-electron chi connectivity index (χ1n) is 4.47.